The molecule has 0 spiro atoms. The molecule has 1 N–H and O–H groups in total. The maximum atomic E-state index is 3.30. The fourth-order valence-electron chi connectivity index (χ4n) is 3.64. The Labute approximate surface area is 185 Å². The Kier molecular flexibility index (Phi) is 7.12. The van der Waals surface area contributed by atoms with Crippen LogP contribution in [0.1, 0.15) is 11.1 Å². The summed E-state index contributed by atoms with van der Waals surface area (Å²) in [6.45, 7) is 0. The minimum absolute atomic E-state index is 1.10. The number of hydrogen-bond donors (Lipinski definition) is 1. The van der Waals surface area contributed by atoms with Crippen LogP contribution < -0.4 is 5.32 Å². The van der Waals surface area contributed by atoms with Gasteiger partial charge < -0.3 is 5.32 Å². The minimum atomic E-state index is 1.10. The molecular formula is C30H27N. The highest BCUT2D eigenvalue weighted by atomic mass is 14.9. The number of anilines is 2. The van der Waals surface area contributed by atoms with Crippen molar-refractivity contribution in [3.05, 3.63) is 145 Å². The molecule has 5 aromatic rings. The molecule has 31 heavy (non-hydrogen) atoms. The molecule has 0 bridgehead atoms. The average molecular weight is 402 g/mol. The molecule has 0 amide bonds. The summed E-state index contributed by atoms with van der Waals surface area (Å²) in [6, 6.07) is 46.2. The molecule has 0 heterocycles. The predicted octanol–water partition coefficient (Wildman–Crippen LogP) is 8.06. The summed E-state index contributed by atoms with van der Waals surface area (Å²) in [7, 11) is 0. The van der Waals surface area contributed by atoms with Gasteiger partial charge in [0.05, 0.1) is 0 Å². The van der Waals surface area contributed by atoms with Crippen LogP contribution in [0.4, 0.5) is 11.4 Å². The third-order valence-electron chi connectivity index (χ3n) is 5.24. The van der Waals surface area contributed by atoms with Crippen LogP contribution in [-0.2, 0) is 12.8 Å². The normalized spacial score (nSPS) is 10.2. The van der Waals surface area contributed by atoms with E-state index >= 15 is 0 Å². The Hall–Kier alpha value is -3.84. The molecule has 0 radical (unpaired) electrons. The second-order valence-corrected chi connectivity index (χ2v) is 7.48. The number of rotatable bonds is 5. The molecule has 5 aromatic carbocycles. The van der Waals surface area contributed by atoms with Crippen LogP contribution in [0.25, 0.3) is 10.8 Å². The van der Waals surface area contributed by atoms with Gasteiger partial charge in [-0.2, -0.15) is 0 Å². The fourth-order valence-corrected chi connectivity index (χ4v) is 3.64. The van der Waals surface area contributed by atoms with E-state index in [4.69, 9.17) is 0 Å². The number of para-hydroxylation sites is 2. The van der Waals surface area contributed by atoms with E-state index in [1.807, 2.05) is 60.7 Å². The largest absolute Gasteiger partial charge is 0.356 e. The molecule has 0 aromatic heterocycles. The molecule has 0 aliphatic heterocycles. The summed E-state index contributed by atoms with van der Waals surface area (Å²) in [5.41, 5.74) is 5.09. The first-order valence-corrected chi connectivity index (χ1v) is 10.8. The molecule has 0 unspecified atom stereocenters. The number of fused-ring (bicyclic) bond motifs is 1. The van der Waals surface area contributed by atoms with Crippen molar-refractivity contribution < 1.29 is 0 Å². The van der Waals surface area contributed by atoms with Gasteiger partial charge >= 0.3 is 0 Å². The summed E-state index contributed by atoms with van der Waals surface area (Å²) in [4.78, 5) is 0. The Morgan fingerprint density at radius 1 is 0.419 bits per heavy atom. The zero-order valence-electron chi connectivity index (χ0n) is 17.6. The van der Waals surface area contributed by atoms with E-state index in [-0.39, 0.29) is 0 Å². The lowest BCUT2D eigenvalue weighted by Crippen LogP contribution is -1.92. The van der Waals surface area contributed by atoms with Crippen molar-refractivity contribution >= 4 is 22.1 Å². The summed E-state index contributed by atoms with van der Waals surface area (Å²) in [5, 5.41) is 6.03. The van der Waals surface area contributed by atoms with Crippen molar-refractivity contribution in [1.29, 1.82) is 0 Å². The first kappa shape index (κ1) is 20.4. The van der Waals surface area contributed by atoms with Crippen LogP contribution in [0, 0.1) is 0 Å². The molecule has 0 saturated heterocycles. The van der Waals surface area contributed by atoms with E-state index in [9.17, 15) is 0 Å². The van der Waals surface area contributed by atoms with Crippen molar-refractivity contribution in [2.75, 3.05) is 5.32 Å². The molecule has 0 aliphatic carbocycles. The van der Waals surface area contributed by atoms with Crippen molar-refractivity contribution in [3.63, 3.8) is 0 Å². The lowest BCUT2D eigenvalue weighted by molar-refractivity contribution is 0.969. The fraction of sp³-hybridized carbons (Fsp3) is 0.0667. The molecule has 1 nitrogen and oxygen atoms in total. The SMILES string of the molecule is c1ccc(CCc2cccc3ccccc23)cc1.c1ccc(Nc2ccccc2)cc1. The third kappa shape index (κ3) is 6.07. The van der Waals surface area contributed by atoms with Gasteiger partial charge in [-0.15, -0.1) is 0 Å². The molecule has 1 heteroatoms. The van der Waals surface area contributed by atoms with E-state index in [1.165, 1.54) is 21.9 Å². The Bertz CT molecular complexity index is 1140. The van der Waals surface area contributed by atoms with Crippen LogP contribution in [0.15, 0.2) is 133 Å². The highest BCUT2D eigenvalue weighted by Gasteiger charge is 2.00. The number of nitrogens with one attached hydrogen (secondary N) is 1. The predicted molar refractivity (Wildman–Crippen MR) is 134 cm³/mol. The van der Waals surface area contributed by atoms with Crippen LogP contribution in [0.5, 0.6) is 0 Å². The third-order valence-corrected chi connectivity index (χ3v) is 5.24. The van der Waals surface area contributed by atoms with Gasteiger partial charge in [-0.1, -0.05) is 109 Å². The van der Waals surface area contributed by atoms with Gasteiger partial charge in [0, 0.05) is 11.4 Å². The maximum Gasteiger partial charge on any atom is 0.0384 e. The van der Waals surface area contributed by atoms with E-state index in [2.05, 4.69) is 78.1 Å². The highest BCUT2D eigenvalue weighted by Crippen LogP contribution is 2.20. The van der Waals surface area contributed by atoms with Gasteiger partial charge in [0.25, 0.3) is 0 Å². The summed E-state index contributed by atoms with van der Waals surface area (Å²) < 4.78 is 0. The maximum absolute atomic E-state index is 3.30. The Morgan fingerprint density at radius 2 is 0.935 bits per heavy atom. The molecule has 152 valence electrons. The molecular weight excluding hydrogens is 374 g/mol. The average Bonchev–Trinajstić information content (AvgIpc) is 2.85. The first-order chi connectivity index (χ1) is 15.4. The van der Waals surface area contributed by atoms with Gasteiger partial charge in [0.2, 0.25) is 0 Å². The van der Waals surface area contributed by atoms with Gasteiger partial charge in [-0.25, -0.2) is 0 Å². The van der Waals surface area contributed by atoms with Crippen LogP contribution in [0.3, 0.4) is 0 Å². The second-order valence-electron chi connectivity index (χ2n) is 7.48. The summed E-state index contributed by atoms with van der Waals surface area (Å²) >= 11 is 0. The van der Waals surface area contributed by atoms with Crippen LogP contribution >= 0.6 is 0 Å². The zero-order valence-corrected chi connectivity index (χ0v) is 17.6. The molecule has 0 saturated carbocycles. The van der Waals surface area contributed by atoms with E-state index in [1.54, 1.807) is 0 Å². The lowest BCUT2D eigenvalue weighted by Gasteiger charge is -2.06. The number of aryl methyl sites for hydroxylation is 2. The quantitative estimate of drug-likeness (QED) is 0.314. The van der Waals surface area contributed by atoms with Crippen LogP contribution in [0.2, 0.25) is 0 Å². The van der Waals surface area contributed by atoms with Gasteiger partial charge in [-0.05, 0) is 59.0 Å². The van der Waals surface area contributed by atoms with Crippen molar-refractivity contribution in [1.82, 2.24) is 0 Å². The Morgan fingerprint density at radius 3 is 1.58 bits per heavy atom. The molecule has 0 fully saturated rings. The monoisotopic (exact) mass is 401 g/mol. The molecule has 0 atom stereocenters. The lowest BCUT2D eigenvalue weighted by atomic mass is 9.99. The topological polar surface area (TPSA) is 12.0 Å². The van der Waals surface area contributed by atoms with Crippen LogP contribution in [-0.4, -0.2) is 0 Å². The van der Waals surface area contributed by atoms with Crippen molar-refractivity contribution in [2.24, 2.45) is 0 Å². The van der Waals surface area contributed by atoms with E-state index in [0.717, 1.165) is 24.2 Å². The second kappa shape index (κ2) is 10.8. The van der Waals surface area contributed by atoms with Crippen molar-refractivity contribution in [2.45, 2.75) is 12.8 Å². The highest BCUT2D eigenvalue weighted by molar-refractivity contribution is 5.85. The van der Waals surface area contributed by atoms with Crippen molar-refractivity contribution in [3.8, 4) is 0 Å². The number of benzene rings is 5. The summed E-state index contributed by atoms with van der Waals surface area (Å²) in [6.07, 6.45) is 2.21. The standard InChI is InChI=1S/C18H16.C12H11N/c1-2-7-15(8-3-1)13-14-17-11-6-10-16-9-4-5-12-18(16)17;1-3-7-11(8-4-1)13-12-9-5-2-6-10-12/h1-12H,13-14H2;1-10,13H. The van der Waals surface area contributed by atoms with E-state index in [0.29, 0.717) is 0 Å². The minimum Gasteiger partial charge on any atom is -0.356 e. The molecule has 5 rings (SSSR count). The van der Waals surface area contributed by atoms with Gasteiger partial charge in [0.15, 0.2) is 0 Å². The van der Waals surface area contributed by atoms with Gasteiger partial charge in [0.1, 0.15) is 0 Å². The number of hydrogen-bond acceptors (Lipinski definition) is 1. The van der Waals surface area contributed by atoms with E-state index < -0.39 is 0 Å². The van der Waals surface area contributed by atoms with Gasteiger partial charge in [-0.3, -0.25) is 0 Å². The summed E-state index contributed by atoms with van der Waals surface area (Å²) in [5.74, 6) is 0. The smallest absolute Gasteiger partial charge is 0.0384 e. The molecule has 0 aliphatic rings. The first-order valence-electron chi connectivity index (χ1n) is 10.8. The Balaban J connectivity index is 0.000000158. The zero-order chi connectivity index (χ0) is 21.1.